The maximum atomic E-state index is 13.6. The Bertz CT molecular complexity index is 709. The Morgan fingerprint density at radius 2 is 1.95 bits per heavy atom. The molecule has 2 aromatic rings. The Hall–Kier alpha value is -1.97. The van der Waals surface area contributed by atoms with Crippen molar-refractivity contribution in [2.75, 3.05) is 4.90 Å². The Labute approximate surface area is 123 Å². The number of anilines is 1. The molecule has 4 heteroatoms. The van der Waals surface area contributed by atoms with E-state index in [1.807, 2.05) is 0 Å². The SMILES string of the molecule is CC=C1CC2CCC(C1)N2c1ncnc2ccc(F)cc12. The highest BCUT2D eigenvalue weighted by molar-refractivity contribution is 5.89. The van der Waals surface area contributed by atoms with E-state index in [-0.39, 0.29) is 5.82 Å². The van der Waals surface area contributed by atoms with E-state index in [4.69, 9.17) is 0 Å². The van der Waals surface area contributed by atoms with Crippen molar-refractivity contribution in [1.82, 2.24) is 9.97 Å². The minimum atomic E-state index is -0.225. The van der Waals surface area contributed by atoms with Crippen LogP contribution in [-0.2, 0) is 0 Å². The van der Waals surface area contributed by atoms with Crippen LogP contribution in [0.3, 0.4) is 0 Å². The van der Waals surface area contributed by atoms with Gasteiger partial charge >= 0.3 is 0 Å². The predicted octanol–water partition coefficient (Wildman–Crippen LogP) is 3.85. The van der Waals surface area contributed by atoms with Crippen molar-refractivity contribution in [2.45, 2.75) is 44.7 Å². The van der Waals surface area contributed by atoms with Crippen molar-refractivity contribution in [3.63, 3.8) is 0 Å². The molecule has 0 saturated carbocycles. The molecule has 0 radical (unpaired) electrons. The van der Waals surface area contributed by atoms with E-state index in [1.54, 1.807) is 24.0 Å². The highest BCUT2D eigenvalue weighted by Gasteiger charge is 2.39. The number of nitrogens with zero attached hydrogens (tertiary/aromatic N) is 3. The van der Waals surface area contributed by atoms with Crippen molar-refractivity contribution in [1.29, 1.82) is 0 Å². The molecule has 2 aliphatic heterocycles. The van der Waals surface area contributed by atoms with E-state index < -0.39 is 0 Å². The van der Waals surface area contributed by atoms with Gasteiger partial charge in [0.15, 0.2) is 0 Å². The summed E-state index contributed by atoms with van der Waals surface area (Å²) in [6.07, 6.45) is 8.45. The first kappa shape index (κ1) is 12.7. The van der Waals surface area contributed by atoms with Crippen LogP contribution in [0, 0.1) is 5.82 Å². The first-order chi connectivity index (χ1) is 10.3. The molecule has 108 valence electrons. The minimum absolute atomic E-state index is 0.225. The van der Waals surface area contributed by atoms with Crippen molar-refractivity contribution in [3.8, 4) is 0 Å². The molecular formula is C17H18FN3. The third kappa shape index (κ3) is 2.01. The molecule has 2 bridgehead atoms. The fourth-order valence-electron chi connectivity index (χ4n) is 3.85. The average Bonchev–Trinajstić information content (AvgIpc) is 2.76. The van der Waals surface area contributed by atoms with Crippen molar-refractivity contribution >= 4 is 16.7 Å². The van der Waals surface area contributed by atoms with Crippen LogP contribution in [0.5, 0.6) is 0 Å². The standard InChI is InChI=1S/C17H18FN3/c1-2-11-7-13-4-5-14(8-11)21(13)17-15-9-12(18)3-6-16(15)19-10-20-17/h2-3,6,9-10,13-14H,4-5,7-8H2,1H3. The van der Waals surface area contributed by atoms with Crippen LogP contribution in [0.25, 0.3) is 10.9 Å². The van der Waals surface area contributed by atoms with Gasteiger partial charge in [-0.05, 0) is 50.8 Å². The molecule has 1 aromatic carbocycles. The molecule has 3 heterocycles. The second kappa shape index (κ2) is 4.79. The molecular weight excluding hydrogens is 265 g/mol. The molecule has 4 rings (SSSR count). The molecule has 2 aliphatic rings. The number of aromatic nitrogens is 2. The topological polar surface area (TPSA) is 29.0 Å². The smallest absolute Gasteiger partial charge is 0.140 e. The number of allylic oxidation sites excluding steroid dienone is 1. The maximum Gasteiger partial charge on any atom is 0.140 e. The van der Waals surface area contributed by atoms with Gasteiger partial charge < -0.3 is 4.90 Å². The molecule has 0 amide bonds. The summed E-state index contributed by atoms with van der Waals surface area (Å²) in [5.41, 5.74) is 2.36. The molecule has 3 nitrogen and oxygen atoms in total. The summed E-state index contributed by atoms with van der Waals surface area (Å²) in [5, 5.41) is 0.832. The lowest BCUT2D eigenvalue weighted by Gasteiger charge is -2.37. The van der Waals surface area contributed by atoms with E-state index >= 15 is 0 Å². The average molecular weight is 283 g/mol. The van der Waals surface area contributed by atoms with Crippen LogP contribution in [0.2, 0.25) is 0 Å². The maximum absolute atomic E-state index is 13.6. The van der Waals surface area contributed by atoms with Gasteiger partial charge in [-0.2, -0.15) is 0 Å². The number of rotatable bonds is 1. The quantitative estimate of drug-likeness (QED) is 0.744. The van der Waals surface area contributed by atoms with Gasteiger partial charge in [-0.15, -0.1) is 0 Å². The first-order valence-corrected chi connectivity index (χ1v) is 7.59. The number of fused-ring (bicyclic) bond motifs is 3. The van der Waals surface area contributed by atoms with E-state index in [0.717, 1.165) is 29.6 Å². The molecule has 1 aromatic heterocycles. The highest BCUT2D eigenvalue weighted by Crippen LogP contribution is 2.42. The van der Waals surface area contributed by atoms with Gasteiger partial charge in [-0.25, -0.2) is 14.4 Å². The molecule has 2 fully saturated rings. The summed E-state index contributed by atoms with van der Waals surface area (Å²) >= 11 is 0. The monoisotopic (exact) mass is 283 g/mol. The summed E-state index contributed by atoms with van der Waals surface area (Å²) in [6, 6.07) is 5.75. The fraction of sp³-hybridized carbons (Fsp3) is 0.412. The van der Waals surface area contributed by atoms with Gasteiger partial charge in [0.2, 0.25) is 0 Å². The third-order valence-corrected chi connectivity index (χ3v) is 4.84. The Balaban J connectivity index is 1.83. The summed E-state index contributed by atoms with van der Waals surface area (Å²) in [6.45, 7) is 2.12. The van der Waals surface area contributed by atoms with Gasteiger partial charge in [0.1, 0.15) is 18.0 Å². The summed E-state index contributed by atoms with van der Waals surface area (Å²) in [4.78, 5) is 11.2. The van der Waals surface area contributed by atoms with Gasteiger partial charge in [-0.3, -0.25) is 0 Å². The van der Waals surface area contributed by atoms with Crippen LogP contribution in [-0.4, -0.2) is 22.1 Å². The molecule has 2 unspecified atom stereocenters. The van der Waals surface area contributed by atoms with Crippen molar-refractivity contribution in [3.05, 3.63) is 42.0 Å². The Morgan fingerprint density at radius 3 is 2.67 bits per heavy atom. The van der Waals surface area contributed by atoms with Gasteiger partial charge in [0.05, 0.1) is 5.52 Å². The normalized spacial score (nSPS) is 24.7. The predicted molar refractivity (Wildman–Crippen MR) is 81.8 cm³/mol. The number of halogens is 1. The molecule has 21 heavy (non-hydrogen) atoms. The molecule has 0 N–H and O–H groups in total. The summed E-state index contributed by atoms with van der Waals surface area (Å²) in [5.74, 6) is 0.680. The number of benzene rings is 1. The number of hydrogen-bond acceptors (Lipinski definition) is 3. The van der Waals surface area contributed by atoms with Crippen LogP contribution in [0.4, 0.5) is 10.2 Å². The first-order valence-electron chi connectivity index (χ1n) is 7.59. The lowest BCUT2D eigenvalue weighted by molar-refractivity contribution is 0.545. The largest absolute Gasteiger partial charge is 0.349 e. The molecule has 0 spiro atoms. The van der Waals surface area contributed by atoms with E-state index in [9.17, 15) is 4.39 Å². The van der Waals surface area contributed by atoms with E-state index in [2.05, 4.69) is 27.9 Å². The Morgan fingerprint density at radius 1 is 1.19 bits per heavy atom. The second-order valence-corrected chi connectivity index (χ2v) is 6.01. The molecule has 2 atom stereocenters. The fourth-order valence-corrected chi connectivity index (χ4v) is 3.85. The van der Waals surface area contributed by atoms with Crippen LogP contribution in [0.15, 0.2) is 36.2 Å². The zero-order valence-electron chi connectivity index (χ0n) is 12.1. The second-order valence-electron chi connectivity index (χ2n) is 6.01. The lowest BCUT2D eigenvalue weighted by atomic mass is 9.96. The lowest BCUT2D eigenvalue weighted by Crippen LogP contribution is -2.41. The summed E-state index contributed by atoms with van der Waals surface area (Å²) < 4.78 is 13.6. The molecule has 2 saturated heterocycles. The van der Waals surface area contributed by atoms with Crippen molar-refractivity contribution in [2.24, 2.45) is 0 Å². The van der Waals surface area contributed by atoms with Gasteiger partial charge in [0, 0.05) is 17.5 Å². The van der Waals surface area contributed by atoms with Crippen LogP contribution >= 0.6 is 0 Å². The van der Waals surface area contributed by atoms with Gasteiger partial charge in [0.25, 0.3) is 0 Å². The highest BCUT2D eigenvalue weighted by atomic mass is 19.1. The Kier molecular flexibility index (Phi) is 2.91. The van der Waals surface area contributed by atoms with E-state index in [0.29, 0.717) is 12.1 Å². The third-order valence-electron chi connectivity index (χ3n) is 4.84. The van der Waals surface area contributed by atoms with Crippen molar-refractivity contribution < 1.29 is 4.39 Å². The zero-order chi connectivity index (χ0) is 14.4. The van der Waals surface area contributed by atoms with E-state index in [1.165, 1.54) is 18.9 Å². The van der Waals surface area contributed by atoms with Crippen LogP contribution in [0.1, 0.15) is 32.6 Å². The summed E-state index contributed by atoms with van der Waals surface area (Å²) in [7, 11) is 0. The number of hydrogen-bond donors (Lipinski definition) is 0. The number of piperidine rings is 1. The van der Waals surface area contributed by atoms with Crippen LogP contribution < -0.4 is 4.90 Å². The zero-order valence-corrected chi connectivity index (χ0v) is 12.1. The molecule has 0 aliphatic carbocycles. The van der Waals surface area contributed by atoms with Gasteiger partial charge in [-0.1, -0.05) is 11.6 Å². The minimum Gasteiger partial charge on any atom is -0.349 e.